The molecule has 0 bridgehead atoms. The van der Waals surface area contributed by atoms with Gasteiger partial charge in [0.25, 0.3) is 0 Å². The normalized spacial score (nSPS) is 31.9. The molecule has 90 heavy (non-hydrogen) atoms. The second-order valence-corrected chi connectivity index (χ2v) is 36.7. The van der Waals surface area contributed by atoms with Gasteiger partial charge < -0.3 is 0 Å². The Morgan fingerprint density at radius 1 is 0.356 bits per heavy atom. The van der Waals surface area contributed by atoms with E-state index in [0.717, 1.165) is 23.7 Å². The molecule has 0 aromatic heterocycles. The summed E-state index contributed by atoms with van der Waals surface area (Å²) in [7, 11) is 0. The minimum Gasteiger partial charge on any atom is -0.0799 e. The lowest BCUT2D eigenvalue weighted by atomic mass is 9.63. The van der Waals surface area contributed by atoms with Gasteiger partial charge in [-0.15, -0.1) is 0 Å². The Bertz CT molecular complexity index is 3240. The molecule has 4 saturated carbocycles. The maximum Gasteiger partial charge on any atom is -0.00848 e. The highest BCUT2D eigenvalue weighted by Gasteiger charge is 2.57. The molecule has 0 saturated heterocycles. The fraction of sp³-hybridized carbons (Fsp3) is 0.600. The van der Waals surface area contributed by atoms with E-state index in [1.165, 1.54) is 82.4 Å². The highest BCUT2D eigenvalue weighted by Crippen LogP contribution is 2.65. The Hall–Kier alpha value is -4.68. The topological polar surface area (TPSA) is 0 Å². The molecule has 14 unspecified atom stereocenters. The summed E-state index contributed by atoms with van der Waals surface area (Å²) >= 11 is 0. The fourth-order valence-electron chi connectivity index (χ4n) is 18.8. The van der Waals surface area contributed by atoms with E-state index >= 15 is 0 Å². The summed E-state index contributed by atoms with van der Waals surface area (Å²) in [4.78, 5) is 0. The summed E-state index contributed by atoms with van der Waals surface area (Å²) in [5.41, 5.74) is 10.7. The first-order valence-electron chi connectivity index (χ1n) is 36.7. The molecule has 0 amide bonds. The highest BCUT2D eigenvalue weighted by molar-refractivity contribution is 5.86. The maximum absolute atomic E-state index is 2.76. The van der Waals surface area contributed by atoms with E-state index in [9.17, 15) is 0 Å². The second kappa shape index (κ2) is 27.0. The number of hydrogen-bond acceptors (Lipinski definition) is 0. The molecule has 8 aliphatic carbocycles. The smallest absolute Gasteiger partial charge is 0.00848 e. The SMILES string of the molecule is CC1CC(C(C)(C)C)CC1[C@@H](c1ccc2ccccc2c1)C1C2C=C(C(C)(C)C)C=CC2C2C=CC(C(C)(C)C)=CC21.CC1CC(C(C)(C)C)CC1[C@@H](c1cccc2ccccc12)C1C2C=C(C(C)(C)C)C=CC2C2C=CC(C(C)(C)C)=CC21.CCC.CCC. The van der Waals surface area contributed by atoms with Crippen LogP contribution in [-0.4, -0.2) is 0 Å². The summed E-state index contributed by atoms with van der Waals surface area (Å²) < 4.78 is 0. The van der Waals surface area contributed by atoms with Crippen molar-refractivity contribution in [3.63, 3.8) is 0 Å². The molecule has 0 spiro atoms. The third kappa shape index (κ3) is 14.6. The van der Waals surface area contributed by atoms with Crippen LogP contribution in [0.25, 0.3) is 21.5 Å². The van der Waals surface area contributed by atoms with E-state index in [0.29, 0.717) is 93.7 Å². The Morgan fingerprint density at radius 2 is 0.689 bits per heavy atom. The Morgan fingerprint density at radius 3 is 1.06 bits per heavy atom. The fourth-order valence-corrected chi connectivity index (χ4v) is 18.8. The van der Waals surface area contributed by atoms with Crippen LogP contribution in [-0.2, 0) is 0 Å². The van der Waals surface area contributed by atoms with Crippen molar-refractivity contribution in [1.82, 2.24) is 0 Å². The number of allylic oxidation sites excluding steroid dienone is 16. The molecule has 4 aromatic carbocycles. The molecule has 0 N–H and O–H groups in total. The summed E-state index contributed by atoms with van der Waals surface area (Å²) in [6.45, 7) is 57.3. The molecule has 12 rings (SSSR count). The maximum atomic E-state index is 2.76. The van der Waals surface area contributed by atoms with Crippen molar-refractivity contribution in [1.29, 1.82) is 0 Å². The van der Waals surface area contributed by atoms with Gasteiger partial charge in [-0.05, 0) is 220 Å². The van der Waals surface area contributed by atoms with E-state index in [4.69, 9.17) is 0 Å². The van der Waals surface area contributed by atoms with Crippen molar-refractivity contribution in [2.45, 2.75) is 217 Å². The summed E-state index contributed by atoms with van der Waals surface area (Å²) in [5.74, 6) is 11.3. The predicted octanol–water partition coefficient (Wildman–Crippen LogP) is 26.5. The van der Waals surface area contributed by atoms with Crippen molar-refractivity contribution < 1.29 is 0 Å². The van der Waals surface area contributed by atoms with Crippen LogP contribution in [0.3, 0.4) is 0 Å². The third-order valence-electron chi connectivity index (χ3n) is 23.8. The van der Waals surface area contributed by atoms with Crippen molar-refractivity contribution >= 4 is 21.5 Å². The molecule has 0 heteroatoms. The zero-order valence-electron chi connectivity index (χ0n) is 61.6. The second-order valence-electron chi connectivity index (χ2n) is 36.7. The van der Waals surface area contributed by atoms with Crippen LogP contribution in [0.15, 0.2) is 180 Å². The van der Waals surface area contributed by atoms with E-state index in [-0.39, 0.29) is 21.7 Å². The zero-order chi connectivity index (χ0) is 65.8. The number of fused-ring (bicyclic) bond motifs is 8. The molecular formula is C90H128. The quantitative estimate of drug-likeness (QED) is 0.181. The van der Waals surface area contributed by atoms with Crippen LogP contribution in [0.2, 0.25) is 0 Å². The van der Waals surface area contributed by atoms with Gasteiger partial charge in [-0.2, -0.15) is 0 Å². The van der Waals surface area contributed by atoms with Crippen LogP contribution in [0.5, 0.6) is 0 Å². The number of benzene rings is 4. The monoisotopic (exact) mass is 1210 g/mol. The lowest BCUT2D eigenvalue weighted by Gasteiger charge is -2.41. The number of rotatable bonds is 6. The molecule has 0 heterocycles. The van der Waals surface area contributed by atoms with Crippen LogP contribution in [0, 0.1) is 127 Å². The average molecular weight is 1210 g/mol. The van der Waals surface area contributed by atoms with Crippen LogP contribution >= 0.6 is 0 Å². The minimum atomic E-state index is 0.162. The van der Waals surface area contributed by atoms with Gasteiger partial charge in [-0.1, -0.05) is 337 Å². The molecule has 16 atom stereocenters. The molecule has 4 fully saturated rings. The number of hydrogen-bond donors (Lipinski definition) is 0. The van der Waals surface area contributed by atoms with Crippen LogP contribution < -0.4 is 0 Å². The van der Waals surface area contributed by atoms with Gasteiger partial charge in [0.1, 0.15) is 0 Å². The Kier molecular flexibility index (Phi) is 20.9. The van der Waals surface area contributed by atoms with E-state index in [1.807, 2.05) is 0 Å². The molecule has 488 valence electrons. The first-order valence-corrected chi connectivity index (χ1v) is 36.7. The molecular weight excluding hydrogens is 1080 g/mol. The van der Waals surface area contributed by atoms with Gasteiger partial charge in [-0.3, -0.25) is 0 Å². The van der Waals surface area contributed by atoms with E-state index < -0.39 is 0 Å². The van der Waals surface area contributed by atoms with E-state index in [2.05, 4.69) is 324 Å². The van der Waals surface area contributed by atoms with Gasteiger partial charge in [0.05, 0.1) is 0 Å². The van der Waals surface area contributed by atoms with Crippen molar-refractivity contribution in [2.75, 3.05) is 0 Å². The molecule has 0 radical (unpaired) electrons. The van der Waals surface area contributed by atoms with Crippen molar-refractivity contribution in [2.24, 2.45) is 127 Å². The zero-order valence-corrected chi connectivity index (χ0v) is 61.6. The van der Waals surface area contributed by atoms with Crippen molar-refractivity contribution in [3.05, 3.63) is 191 Å². The minimum absolute atomic E-state index is 0.162. The Labute approximate surface area is 553 Å². The Balaban J connectivity index is 0.000000196. The standard InChI is InChI=1S/2C42H56.2C3H8/c1-26-22-30(42(8,9)10)25-35(26)38(34-17-13-15-27-14-11-12-16-31(27)34)39-36-23-28(40(2,3)4)18-20-32(36)33-21-19-29(24-37(33)39)41(5,6)7;1-26-21-32(42(8,9)10)25-35(26)38(29-16-15-27-13-11-12-14-28(27)22-29)39-36-23-30(40(2,3)4)17-19-33(36)34-20-18-31(24-37(34)39)41(5,6)7;2*1-3-2/h11-21,23-24,26,30,32-33,35-39H,22,25H2,1-10H3;11-20,22-24,26,32-39H,21,25H2,1-10H3;2*3H2,1-2H3/t26?,30?,32?,33?,35?,36?,37?,38-,39?;26?,32?,33?,34?,35?,36?,37?,38-,39?;;/m11../s1. The molecule has 4 aromatic rings. The van der Waals surface area contributed by atoms with Crippen LogP contribution in [0.4, 0.5) is 0 Å². The average Bonchev–Trinajstić information content (AvgIpc) is 1.57. The first kappa shape index (κ1) is 69.7. The van der Waals surface area contributed by atoms with Gasteiger partial charge in [0, 0.05) is 0 Å². The lowest BCUT2D eigenvalue weighted by Crippen LogP contribution is -2.32. The lowest BCUT2D eigenvalue weighted by molar-refractivity contribution is 0.195. The van der Waals surface area contributed by atoms with E-state index in [1.54, 1.807) is 11.1 Å². The van der Waals surface area contributed by atoms with Gasteiger partial charge in [-0.25, -0.2) is 0 Å². The third-order valence-corrected chi connectivity index (χ3v) is 23.8. The molecule has 0 aliphatic heterocycles. The first-order chi connectivity index (χ1) is 42.1. The summed E-state index contributed by atoms with van der Waals surface area (Å²) in [6.07, 6.45) is 39.4. The largest absolute Gasteiger partial charge is 0.0799 e. The van der Waals surface area contributed by atoms with Gasteiger partial charge >= 0.3 is 0 Å². The predicted molar refractivity (Wildman–Crippen MR) is 397 cm³/mol. The van der Waals surface area contributed by atoms with Crippen LogP contribution in [0.1, 0.15) is 228 Å². The van der Waals surface area contributed by atoms with Gasteiger partial charge in [0.15, 0.2) is 0 Å². The molecule has 0 nitrogen and oxygen atoms in total. The van der Waals surface area contributed by atoms with Gasteiger partial charge in [0.2, 0.25) is 0 Å². The van der Waals surface area contributed by atoms with Crippen molar-refractivity contribution in [3.8, 4) is 0 Å². The molecule has 8 aliphatic rings. The summed E-state index contributed by atoms with van der Waals surface area (Å²) in [5, 5.41) is 5.63. The highest BCUT2D eigenvalue weighted by atomic mass is 14.6. The summed E-state index contributed by atoms with van der Waals surface area (Å²) in [6, 6.07) is 32.9.